The molecule has 0 atom stereocenters. The summed E-state index contributed by atoms with van der Waals surface area (Å²) in [6.07, 6.45) is 1.68. The fourth-order valence-electron chi connectivity index (χ4n) is 2.53. The molecule has 140 valence electrons. The number of phenols is 1. The topological polar surface area (TPSA) is 45.5 Å². The summed E-state index contributed by atoms with van der Waals surface area (Å²) >= 11 is 9.16. The van der Waals surface area contributed by atoms with Gasteiger partial charge in [-0.15, -0.1) is 11.3 Å². The number of hydrogen-bond acceptors (Lipinski definition) is 5. The molecule has 0 aliphatic carbocycles. The summed E-state index contributed by atoms with van der Waals surface area (Å²) in [6.45, 7) is 0. The van der Waals surface area contributed by atoms with Crippen LogP contribution in [0.2, 0.25) is 0 Å². The summed E-state index contributed by atoms with van der Waals surface area (Å²) in [5, 5.41) is 9.93. The number of aromatic nitrogens is 1. The van der Waals surface area contributed by atoms with Gasteiger partial charge in [-0.25, -0.2) is 4.98 Å². The number of aromatic hydroxyl groups is 1. The van der Waals surface area contributed by atoms with Crippen molar-refractivity contribution in [3.63, 3.8) is 0 Å². The molecule has 0 amide bonds. The molecular weight excluding hydrogens is 567 g/mol. The highest BCUT2D eigenvalue weighted by atomic mass is 127. The molecule has 0 spiro atoms. The average Bonchev–Trinajstić information content (AvgIpc) is 3.10. The molecule has 7 heteroatoms. The molecule has 4 rings (SSSR count). The molecule has 0 radical (unpaired) electrons. The minimum Gasteiger partial charge on any atom is -0.507 e. The van der Waals surface area contributed by atoms with Crippen molar-refractivity contribution in [2.24, 2.45) is 4.99 Å². The number of benzene rings is 3. The number of hydrogen-bond donors (Lipinski definition) is 1. The van der Waals surface area contributed by atoms with E-state index >= 15 is 0 Å². The molecule has 0 unspecified atom stereocenters. The van der Waals surface area contributed by atoms with Crippen LogP contribution in [0.1, 0.15) is 11.1 Å². The minimum atomic E-state index is 0.208. The van der Waals surface area contributed by atoms with Crippen LogP contribution in [0.15, 0.2) is 74.5 Å². The largest absolute Gasteiger partial charge is 0.507 e. The van der Waals surface area contributed by atoms with Gasteiger partial charge in [0.25, 0.3) is 0 Å². The first-order valence-electron chi connectivity index (χ1n) is 8.37. The highest BCUT2D eigenvalue weighted by molar-refractivity contribution is 14.1. The Morgan fingerprint density at radius 1 is 1.11 bits per heavy atom. The summed E-state index contributed by atoms with van der Waals surface area (Å²) in [7, 11) is 0. The van der Waals surface area contributed by atoms with E-state index in [1.807, 2.05) is 24.3 Å². The van der Waals surface area contributed by atoms with Gasteiger partial charge in [0.2, 0.25) is 0 Å². The van der Waals surface area contributed by atoms with E-state index in [1.54, 1.807) is 41.4 Å². The van der Waals surface area contributed by atoms with Crippen molar-refractivity contribution in [2.45, 2.75) is 10.1 Å². The Labute approximate surface area is 193 Å². The predicted octanol–water partition coefficient (Wildman–Crippen LogP) is 7.41. The second kappa shape index (κ2) is 8.94. The van der Waals surface area contributed by atoms with Gasteiger partial charge in [0.1, 0.15) is 5.75 Å². The van der Waals surface area contributed by atoms with Crippen LogP contribution in [0, 0.1) is 3.57 Å². The maximum Gasteiger partial charge on any atom is 0.151 e. The summed E-state index contributed by atoms with van der Waals surface area (Å²) < 4.78 is 4.31. The quantitative estimate of drug-likeness (QED) is 0.152. The summed E-state index contributed by atoms with van der Waals surface area (Å²) in [5.74, 6) is 1.12. The third-order valence-corrected chi connectivity index (χ3v) is 7.41. The minimum absolute atomic E-state index is 0.208. The van der Waals surface area contributed by atoms with Crippen LogP contribution in [0.4, 0.5) is 5.69 Å². The van der Waals surface area contributed by atoms with E-state index in [1.165, 1.54) is 9.13 Å². The van der Waals surface area contributed by atoms with Crippen LogP contribution >= 0.6 is 61.6 Å². The van der Waals surface area contributed by atoms with Crippen LogP contribution in [-0.4, -0.2) is 16.3 Å². The van der Waals surface area contributed by atoms with Crippen molar-refractivity contribution < 1.29 is 5.11 Å². The summed E-state index contributed by atoms with van der Waals surface area (Å²) in [6, 6.07) is 19.8. The molecule has 0 aliphatic heterocycles. The lowest BCUT2D eigenvalue weighted by molar-refractivity contribution is 0.474. The Hall–Kier alpha value is -1.42. The first-order valence-corrected chi connectivity index (χ1v) is 12.0. The zero-order valence-electron chi connectivity index (χ0n) is 14.5. The molecule has 4 aromatic rings. The van der Waals surface area contributed by atoms with Crippen molar-refractivity contribution in [3.8, 4) is 5.75 Å². The van der Waals surface area contributed by atoms with Gasteiger partial charge in [-0.2, -0.15) is 0 Å². The van der Waals surface area contributed by atoms with Crippen molar-refractivity contribution in [3.05, 3.63) is 79.8 Å². The lowest BCUT2D eigenvalue weighted by atomic mass is 10.2. The molecule has 0 fully saturated rings. The lowest BCUT2D eigenvalue weighted by Crippen LogP contribution is -1.82. The molecule has 0 saturated heterocycles. The zero-order valence-corrected chi connectivity index (χ0v) is 19.8. The summed E-state index contributed by atoms with van der Waals surface area (Å²) in [4.78, 5) is 9.22. The molecule has 3 aromatic carbocycles. The second-order valence-corrected chi connectivity index (χ2v) is 10.4. The van der Waals surface area contributed by atoms with Gasteiger partial charge in [0, 0.05) is 25.6 Å². The number of phenolic OH excluding ortho intramolecular Hbond substituents is 1. The lowest BCUT2D eigenvalue weighted by Gasteiger charge is -1.99. The number of halogens is 2. The Morgan fingerprint density at radius 3 is 2.75 bits per heavy atom. The van der Waals surface area contributed by atoms with E-state index in [0.717, 1.165) is 30.5 Å². The van der Waals surface area contributed by atoms with Crippen molar-refractivity contribution in [1.82, 2.24) is 4.98 Å². The van der Waals surface area contributed by atoms with Crippen molar-refractivity contribution >= 4 is 83.7 Å². The van der Waals surface area contributed by atoms with Crippen LogP contribution in [-0.2, 0) is 5.75 Å². The maximum atomic E-state index is 9.93. The Morgan fingerprint density at radius 2 is 1.93 bits per heavy atom. The van der Waals surface area contributed by atoms with Gasteiger partial charge in [0.15, 0.2) is 4.34 Å². The standard InChI is InChI=1S/C21H14BrIN2OS2/c22-15-3-8-19(26)14(9-15)11-24-17-6-7-18-20(10-17)28-21(25-18)27-12-13-1-4-16(23)5-2-13/h1-11,26H,12H2. The van der Waals surface area contributed by atoms with Crippen molar-refractivity contribution in [1.29, 1.82) is 0 Å². The third-order valence-electron chi connectivity index (χ3n) is 3.97. The SMILES string of the molecule is Oc1ccc(Br)cc1C=Nc1ccc2nc(SCc3ccc(I)cc3)sc2c1. The number of aliphatic imine (C=N–C) groups is 1. The molecule has 1 heterocycles. The van der Waals surface area contributed by atoms with Gasteiger partial charge in [-0.05, 0) is 76.7 Å². The van der Waals surface area contributed by atoms with E-state index in [4.69, 9.17) is 4.98 Å². The Balaban J connectivity index is 1.50. The van der Waals surface area contributed by atoms with Crippen LogP contribution in [0.3, 0.4) is 0 Å². The number of nitrogens with zero attached hydrogens (tertiary/aromatic N) is 2. The Kier molecular flexibility index (Phi) is 6.35. The molecule has 28 heavy (non-hydrogen) atoms. The monoisotopic (exact) mass is 580 g/mol. The van der Waals surface area contributed by atoms with Gasteiger partial charge >= 0.3 is 0 Å². The van der Waals surface area contributed by atoms with E-state index in [9.17, 15) is 5.11 Å². The predicted molar refractivity (Wildman–Crippen MR) is 131 cm³/mol. The van der Waals surface area contributed by atoms with E-state index in [0.29, 0.717) is 5.56 Å². The maximum absolute atomic E-state index is 9.93. The highest BCUT2D eigenvalue weighted by Crippen LogP contribution is 2.33. The van der Waals surface area contributed by atoms with Gasteiger partial charge in [-0.3, -0.25) is 4.99 Å². The van der Waals surface area contributed by atoms with Crippen molar-refractivity contribution in [2.75, 3.05) is 0 Å². The third kappa shape index (κ3) is 4.94. The van der Waals surface area contributed by atoms with Crippen LogP contribution in [0.25, 0.3) is 10.2 Å². The normalized spacial score (nSPS) is 11.5. The first kappa shape index (κ1) is 19.9. The molecule has 0 bridgehead atoms. The van der Waals surface area contributed by atoms with Crippen LogP contribution in [0.5, 0.6) is 5.75 Å². The molecule has 1 N–H and O–H groups in total. The highest BCUT2D eigenvalue weighted by Gasteiger charge is 2.06. The number of rotatable bonds is 5. The number of thioether (sulfide) groups is 1. The fraction of sp³-hybridized carbons (Fsp3) is 0.0476. The average molecular weight is 581 g/mol. The van der Waals surface area contributed by atoms with Gasteiger partial charge in [0.05, 0.1) is 15.9 Å². The van der Waals surface area contributed by atoms with E-state index in [-0.39, 0.29) is 5.75 Å². The van der Waals surface area contributed by atoms with Gasteiger partial charge in [-0.1, -0.05) is 39.8 Å². The Bertz CT molecular complexity index is 1160. The summed E-state index contributed by atoms with van der Waals surface area (Å²) in [5.41, 5.74) is 3.79. The molecular formula is C21H14BrIN2OS2. The zero-order chi connectivity index (χ0) is 19.5. The second-order valence-electron chi connectivity index (χ2n) is 6.01. The van der Waals surface area contributed by atoms with Crippen LogP contribution < -0.4 is 0 Å². The number of fused-ring (bicyclic) bond motifs is 1. The smallest absolute Gasteiger partial charge is 0.151 e. The van der Waals surface area contributed by atoms with E-state index in [2.05, 4.69) is 67.8 Å². The molecule has 0 aliphatic rings. The fourth-order valence-corrected chi connectivity index (χ4v) is 5.33. The molecule has 3 nitrogen and oxygen atoms in total. The first-order chi connectivity index (χ1) is 13.6. The van der Waals surface area contributed by atoms with Gasteiger partial charge < -0.3 is 5.11 Å². The number of thiazole rings is 1. The molecule has 0 saturated carbocycles. The molecule has 1 aromatic heterocycles. The van der Waals surface area contributed by atoms with E-state index < -0.39 is 0 Å².